The second-order valence-corrected chi connectivity index (χ2v) is 4.54. The Morgan fingerprint density at radius 2 is 2.00 bits per heavy atom. The number of imide groups is 1. The third kappa shape index (κ3) is 3.08. The van der Waals surface area contributed by atoms with Gasteiger partial charge in [0.05, 0.1) is 0 Å². The molecule has 2 rings (SSSR count). The van der Waals surface area contributed by atoms with Crippen molar-refractivity contribution in [3.63, 3.8) is 0 Å². The molecule has 7 heteroatoms. The number of pyridine rings is 1. The summed E-state index contributed by atoms with van der Waals surface area (Å²) in [5, 5.41) is 2.36. The van der Waals surface area contributed by atoms with E-state index in [0.29, 0.717) is 17.7 Å². The lowest BCUT2D eigenvalue weighted by molar-refractivity contribution is -0.135. The smallest absolute Gasteiger partial charge is 0.254 e. The first kappa shape index (κ1) is 13.5. The standard InChI is InChI=1S/C12H12ClN3O3/c1-2-8-3-7(4-9(13)14-8)12(19)16-5-10(17)15-11(18)6-16/h3-4H,2,5-6H2,1H3,(H,15,17,18). The fourth-order valence-electron chi connectivity index (χ4n) is 1.82. The molecule has 0 aliphatic carbocycles. The minimum atomic E-state index is -0.486. The van der Waals surface area contributed by atoms with Crippen LogP contribution in [0, 0.1) is 0 Å². The fraction of sp³-hybridized carbons (Fsp3) is 0.333. The van der Waals surface area contributed by atoms with Crippen molar-refractivity contribution in [3.8, 4) is 0 Å². The molecule has 1 N–H and O–H groups in total. The number of nitrogens with zero attached hydrogens (tertiary/aromatic N) is 2. The molecular formula is C12H12ClN3O3. The first-order chi connectivity index (χ1) is 8.99. The number of aryl methyl sites for hydroxylation is 1. The molecule has 3 amide bonds. The van der Waals surface area contributed by atoms with Crippen LogP contribution in [-0.4, -0.2) is 40.7 Å². The number of aromatic nitrogens is 1. The monoisotopic (exact) mass is 281 g/mol. The highest BCUT2D eigenvalue weighted by atomic mass is 35.5. The van der Waals surface area contributed by atoms with Crippen LogP contribution < -0.4 is 5.32 Å². The molecule has 0 unspecified atom stereocenters. The number of piperazine rings is 1. The minimum Gasteiger partial charge on any atom is -0.320 e. The zero-order valence-corrected chi connectivity index (χ0v) is 11.0. The highest BCUT2D eigenvalue weighted by Crippen LogP contribution is 2.14. The number of hydrogen-bond donors (Lipinski definition) is 1. The molecule has 0 bridgehead atoms. The Morgan fingerprint density at radius 1 is 1.37 bits per heavy atom. The normalized spacial score (nSPS) is 15.4. The third-order valence-electron chi connectivity index (χ3n) is 2.69. The van der Waals surface area contributed by atoms with E-state index in [1.807, 2.05) is 6.92 Å². The van der Waals surface area contributed by atoms with E-state index in [1.54, 1.807) is 6.07 Å². The number of carbonyl (C=O) groups is 3. The maximum atomic E-state index is 12.2. The van der Waals surface area contributed by atoms with Crippen LogP contribution in [-0.2, 0) is 16.0 Å². The van der Waals surface area contributed by atoms with Crippen LogP contribution >= 0.6 is 11.6 Å². The van der Waals surface area contributed by atoms with Gasteiger partial charge in [-0.1, -0.05) is 18.5 Å². The van der Waals surface area contributed by atoms with Crippen molar-refractivity contribution in [2.45, 2.75) is 13.3 Å². The zero-order chi connectivity index (χ0) is 14.0. The van der Waals surface area contributed by atoms with Gasteiger partial charge < -0.3 is 4.90 Å². The Kier molecular flexibility index (Phi) is 3.80. The summed E-state index contributed by atoms with van der Waals surface area (Å²) in [4.78, 5) is 40.0. The van der Waals surface area contributed by atoms with Crippen LogP contribution in [0.15, 0.2) is 12.1 Å². The van der Waals surface area contributed by atoms with Gasteiger partial charge in [-0.25, -0.2) is 4.98 Å². The molecule has 1 aliphatic rings. The van der Waals surface area contributed by atoms with E-state index in [-0.39, 0.29) is 18.2 Å². The van der Waals surface area contributed by atoms with E-state index in [2.05, 4.69) is 10.3 Å². The SMILES string of the molecule is CCc1cc(C(=O)N2CC(=O)NC(=O)C2)cc(Cl)n1. The van der Waals surface area contributed by atoms with Gasteiger partial charge >= 0.3 is 0 Å². The molecule has 0 aromatic carbocycles. The maximum Gasteiger partial charge on any atom is 0.254 e. The van der Waals surface area contributed by atoms with Gasteiger partial charge in [0.1, 0.15) is 18.2 Å². The Balaban J connectivity index is 2.26. The second-order valence-electron chi connectivity index (χ2n) is 4.16. The Hall–Kier alpha value is -1.95. The molecule has 0 radical (unpaired) electrons. The van der Waals surface area contributed by atoms with E-state index in [1.165, 1.54) is 11.0 Å². The van der Waals surface area contributed by atoms with Crippen molar-refractivity contribution < 1.29 is 14.4 Å². The lowest BCUT2D eigenvalue weighted by Gasteiger charge is -2.25. The largest absolute Gasteiger partial charge is 0.320 e. The predicted molar refractivity (Wildman–Crippen MR) is 67.7 cm³/mol. The van der Waals surface area contributed by atoms with Crippen LogP contribution in [0.4, 0.5) is 0 Å². The topological polar surface area (TPSA) is 79.4 Å². The molecule has 1 saturated heterocycles. The molecule has 1 aliphatic heterocycles. The molecule has 0 atom stereocenters. The van der Waals surface area contributed by atoms with Crippen molar-refractivity contribution in [2.75, 3.05) is 13.1 Å². The number of rotatable bonds is 2. The van der Waals surface area contributed by atoms with Gasteiger partial charge in [0.2, 0.25) is 11.8 Å². The molecule has 0 saturated carbocycles. The molecule has 1 aromatic rings. The quantitative estimate of drug-likeness (QED) is 0.628. The fourth-order valence-corrected chi connectivity index (χ4v) is 2.05. The lowest BCUT2D eigenvalue weighted by atomic mass is 10.1. The van der Waals surface area contributed by atoms with Crippen LogP contribution in [0.3, 0.4) is 0 Å². The molecule has 2 heterocycles. The average molecular weight is 282 g/mol. The highest BCUT2D eigenvalue weighted by molar-refractivity contribution is 6.29. The molecule has 6 nitrogen and oxygen atoms in total. The van der Waals surface area contributed by atoms with E-state index < -0.39 is 17.7 Å². The summed E-state index contributed by atoms with van der Waals surface area (Å²) in [5.41, 5.74) is 1.02. The predicted octanol–water partition coefficient (Wildman–Crippen LogP) is 0.396. The summed E-state index contributed by atoms with van der Waals surface area (Å²) >= 11 is 5.84. The van der Waals surface area contributed by atoms with Gasteiger partial charge in [-0.15, -0.1) is 0 Å². The van der Waals surface area contributed by atoms with E-state index in [0.717, 1.165) is 0 Å². The van der Waals surface area contributed by atoms with Gasteiger partial charge in [-0.2, -0.15) is 0 Å². The minimum absolute atomic E-state index is 0.133. The van der Waals surface area contributed by atoms with E-state index in [9.17, 15) is 14.4 Å². The van der Waals surface area contributed by atoms with Crippen molar-refractivity contribution in [3.05, 3.63) is 28.5 Å². The maximum absolute atomic E-state index is 12.2. The summed E-state index contributed by atoms with van der Waals surface area (Å²) in [6, 6.07) is 3.05. The van der Waals surface area contributed by atoms with Crippen molar-refractivity contribution in [1.82, 2.24) is 15.2 Å². The molecule has 0 spiro atoms. The summed E-state index contributed by atoms with van der Waals surface area (Å²) < 4.78 is 0. The molecular weight excluding hydrogens is 270 g/mol. The third-order valence-corrected chi connectivity index (χ3v) is 2.88. The van der Waals surface area contributed by atoms with Crippen molar-refractivity contribution in [1.29, 1.82) is 0 Å². The first-order valence-corrected chi connectivity index (χ1v) is 6.16. The number of halogens is 1. The number of amides is 3. The van der Waals surface area contributed by atoms with E-state index in [4.69, 9.17) is 11.6 Å². The molecule has 100 valence electrons. The highest BCUT2D eigenvalue weighted by Gasteiger charge is 2.27. The van der Waals surface area contributed by atoms with E-state index >= 15 is 0 Å². The van der Waals surface area contributed by atoms with Gasteiger partial charge in [0.25, 0.3) is 5.91 Å². The van der Waals surface area contributed by atoms with Gasteiger partial charge in [0, 0.05) is 11.3 Å². The van der Waals surface area contributed by atoms with Crippen LogP contribution in [0.25, 0.3) is 0 Å². The average Bonchev–Trinajstić information content (AvgIpc) is 2.35. The van der Waals surface area contributed by atoms with Crippen LogP contribution in [0.5, 0.6) is 0 Å². The zero-order valence-electron chi connectivity index (χ0n) is 10.3. The summed E-state index contributed by atoms with van der Waals surface area (Å²) in [5.74, 6) is -1.37. The van der Waals surface area contributed by atoms with Crippen molar-refractivity contribution in [2.24, 2.45) is 0 Å². The van der Waals surface area contributed by atoms with Gasteiger partial charge in [-0.3, -0.25) is 19.7 Å². The Labute approximate surface area is 114 Å². The Morgan fingerprint density at radius 3 is 2.58 bits per heavy atom. The summed E-state index contributed by atoms with van der Waals surface area (Å²) in [7, 11) is 0. The lowest BCUT2D eigenvalue weighted by Crippen LogP contribution is -2.53. The summed E-state index contributed by atoms with van der Waals surface area (Å²) in [6.45, 7) is 1.63. The number of hydrogen-bond acceptors (Lipinski definition) is 4. The molecule has 1 aromatic heterocycles. The van der Waals surface area contributed by atoms with Gasteiger partial charge in [0.15, 0.2) is 0 Å². The molecule has 1 fully saturated rings. The molecule has 19 heavy (non-hydrogen) atoms. The van der Waals surface area contributed by atoms with Crippen LogP contribution in [0.1, 0.15) is 23.0 Å². The summed E-state index contributed by atoms with van der Waals surface area (Å²) in [6.07, 6.45) is 0.639. The second kappa shape index (κ2) is 5.36. The van der Waals surface area contributed by atoms with Crippen LogP contribution in [0.2, 0.25) is 5.15 Å². The Bertz CT molecular complexity index is 543. The van der Waals surface area contributed by atoms with Gasteiger partial charge in [-0.05, 0) is 18.6 Å². The van der Waals surface area contributed by atoms with Crippen molar-refractivity contribution >= 4 is 29.3 Å². The number of nitrogens with one attached hydrogen (secondary N) is 1. The first-order valence-electron chi connectivity index (χ1n) is 5.78. The number of carbonyl (C=O) groups excluding carboxylic acids is 3.